The maximum absolute atomic E-state index is 12.4. The Morgan fingerprint density at radius 2 is 2.00 bits per heavy atom. The van der Waals surface area contributed by atoms with E-state index in [2.05, 4.69) is 5.32 Å². The Morgan fingerprint density at radius 1 is 1.35 bits per heavy atom. The Bertz CT molecular complexity index is 536. The molecule has 0 aromatic heterocycles. The van der Waals surface area contributed by atoms with E-state index in [1.165, 1.54) is 18.2 Å². The van der Waals surface area contributed by atoms with Gasteiger partial charge in [0.1, 0.15) is 5.75 Å². The minimum atomic E-state index is -0.613. The van der Waals surface area contributed by atoms with Gasteiger partial charge in [-0.3, -0.25) is 14.9 Å². The zero-order valence-corrected chi connectivity index (χ0v) is 11.4. The van der Waals surface area contributed by atoms with Crippen LogP contribution in [0.25, 0.3) is 0 Å². The van der Waals surface area contributed by atoms with E-state index < -0.39 is 10.3 Å². The molecule has 0 atom stereocenters. The van der Waals surface area contributed by atoms with E-state index in [-0.39, 0.29) is 23.0 Å². The van der Waals surface area contributed by atoms with Crippen molar-refractivity contribution in [1.29, 1.82) is 0 Å². The van der Waals surface area contributed by atoms with Crippen molar-refractivity contribution in [2.75, 3.05) is 5.32 Å². The number of nitrogens with zero attached hydrogens (tertiary/aromatic N) is 1. The zero-order chi connectivity index (χ0) is 14.8. The standard InChI is InChI=1S/C14H18N2O4/c1-14(8-3-2-4-9-14)13(18)15-12-10(16(19)20)6-5-7-11(12)17/h5-7,17H,2-4,8-9H2,1H3,(H,15,18). The summed E-state index contributed by atoms with van der Waals surface area (Å²) in [5.41, 5.74) is -0.930. The first-order valence-electron chi connectivity index (χ1n) is 6.72. The van der Waals surface area contributed by atoms with Crippen LogP contribution in [-0.4, -0.2) is 15.9 Å². The van der Waals surface area contributed by atoms with Crippen LogP contribution in [0, 0.1) is 15.5 Å². The van der Waals surface area contributed by atoms with Crippen molar-refractivity contribution < 1.29 is 14.8 Å². The largest absolute Gasteiger partial charge is 0.505 e. The Hall–Kier alpha value is -2.11. The lowest BCUT2D eigenvalue weighted by molar-refractivity contribution is -0.384. The molecule has 1 aliphatic carbocycles. The molecule has 0 bridgehead atoms. The van der Waals surface area contributed by atoms with Crippen LogP contribution < -0.4 is 5.32 Å². The number of nitrogens with one attached hydrogen (secondary N) is 1. The second-order valence-electron chi connectivity index (χ2n) is 5.50. The Labute approximate surface area is 117 Å². The molecule has 1 amide bonds. The van der Waals surface area contributed by atoms with Gasteiger partial charge in [0.25, 0.3) is 5.69 Å². The predicted octanol–water partition coefficient (Wildman–Crippen LogP) is 3.21. The lowest BCUT2D eigenvalue weighted by Gasteiger charge is -2.31. The summed E-state index contributed by atoms with van der Waals surface area (Å²) in [4.78, 5) is 22.7. The van der Waals surface area contributed by atoms with Crippen LogP contribution in [0.2, 0.25) is 0 Å². The minimum absolute atomic E-state index is 0.116. The van der Waals surface area contributed by atoms with Gasteiger partial charge in [-0.2, -0.15) is 0 Å². The molecule has 1 aliphatic rings. The lowest BCUT2D eigenvalue weighted by atomic mass is 9.75. The summed E-state index contributed by atoms with van der Waals surface area (Å²) >= 11 is 0. The van der Waals surface area contributed by atoms with Crippen molar-refractivity contribution in [3.05, 3.63) is 28.3 Å². The van der Waals surface area contributed by atoms with Gasteiger partial charge in [0.2, 0.25) is 5.91 Å². The van der Waals surface area contributed by atoms with Crippen molar-refractivity contribution >= 4 is 17.3 Å². The number of carbonyl (C=O) groups excluding carboxylic acids is 1. The molecule has 0 saturated heterocycles. The second-order valence-corrected chi connectivity index (χ2v) is 5.50. The monoisotopic (exact) mass is 278 g/mol. The highest BCUT2D eigenvalue weighted by Gasteiger charge is 2.36. The van der Waals surface area contributed by atoms with Crippen molar-refractivity contribution in [1.82, 2.24) is 0 Å². The summed E-state index contributed by atoms with van der Waals surface area (Å²) in [6.07, 6.45) is 4.60. The minimum Gasteiger partial charge on any atom is -0.505 e. The third kappa shape index (κ3) is 2.74. The number of phenolic OH excluding ortho intramolecular Hbond substituents is 1. The molecule has 108 valence electrons. The van der Waals surface area contributed by atoms with Gasteiger partial charge in [-0.15, -0.1) is 0 Å². The topological polar surface area (TPSA) is 92.5 Å². The van der Waals surface area contributed by atoms with Gasteiger partial charge < -0.3 is 10.4 Å². The van der Waals surface area contributed by atoms with E-state index in [4.69, 9.17) is 0 Å². The van der Waals surface area contributed by atoms with Gasteiger partial charge in [-0.05, 0) is 18.9 Å². The molecule has 0 heterocycles. The van der Waals surface area contributed by atoms with Gasteiger partial charge in [0.05, 0.1) is 4.92 Å². The fourth-order valence-corrected chi connectivity index (χ4v) is 2.63. The number of anilines is 1. The van der Waals surface area contributed by atoms with Gasteiger partial charge in [-0.25, -0.2) is 0 Å². The van der Waals surface area contributed by atoms with Crippen molar-refractivity contribution in [3.63, 3.8) is 0 Å². The number of carbonyl (C=O) groups is 1. The number of benzene rings is 1. The van der Waals surface area contributed by atoms with E-state index >= 15 is 0 Å². The molecule has 0 radical (unpaired) electrons. The number of amides is 1. The first kappa shape index (κ1) is 14.3. The van der Waals surface area contributed by atoms with Crippen molar-refractivity contribution in [3.8, 4) is 5.75 Å². The third-order valence-electron chi connectivity index (χ3n) is 3.96. The molecule has 0 spiro atoms. The van der Waals surface area contributed by atoms with E-state index in [0.29, 0.717) is 0 Å². The molecule has 1 aromatic carbocycles. The fraction of sp³-hybridized carbons (Fsp3) is 0.500. The molecule has 20 heavy (non-hydrogen) atoms. The normalized spacial score (nSPS) is 17.4. The molecule has 6 heteroatoms. The highest BCUT2D eigenvalue weighted by Crippen LogP contribution is 2.39. The molecule has 2 rings (SSSR count). The Kier molecular flexibility index (Phi) is 3.92. The number of hydrogen-bond donors (Lipinski definition) is 2. The highest BCUT2D eigenvalue weighted by molar-refractivity contribution is 5.98. The number of para-hydroxylation sites is 1. The number of hydrogen-bond acceptors (Lipinski definition) is 4. The van der Waals surface area contributed by atoms with Crippen LogP contribution >= 0.6 is 0 Å². The van der Waals surface area contributed by atoms with Crippen molar-refractivity contribution in [2.45, 2.75) is 39.0 Å². The lowest BCUT2D eigenvalue weighted by Crippen LogP contribution is -2.35. The van der Waals surface area contributed by atoms with Gasteiger partial charge in [-0.1, -0.05) is 32.3 Å². The van der Waals surface area contributed by atoms with E-state index in [1.807, 2.05) is 6.92 Å². The van der Waals surface area contributed by atoms with Crippen LogP contribution in [0.15, 0.2) is 18.2 Å². The van der Waals surface area contributed by atoms with Crippen LogP contribution in [0.4, 0.5) is 11.4 Å². The van der Waals surface area contributed by atoms with Gasteiger partial charge in [0, 0.05) is 11.5 Å². The first-order valence-corrected chi connectivity index (χ1v) is 6.72. The molecule has 0 aliphatic heterocycles. The molecule has 1 saturated carbocycles. The van der Waals surface area contributed by atoms with E-state index in [9.17, 15) is 20.0 Å². The zero-order valence-electron chi connectivity index (χ0n) is 11.4. The number of aromatic hydroxyl groups is 1. The van der Waals surface area contributed by atoms with E-state index in [0.717, 1.165) is 32.1 Å². The Morgan fingerprint density at radius 3 is 2.60 bits per heavy atom. The van der Waals surface area contributed by atoms with Crippen LogP contribution in [0.3, 0.4) is 0 Å². The SMILES string of the molecule is CC1(C(=O)Nc2c(O)cccc2[N+](=O)[O-])CCCCC1. The fourth-order valence-electron chi connectivity index (χ4n) is 2.63. The summed E-state index contributed by atoms with van der Waals surface area (Å²) in [7, 11) is 0. The predicted molar refractivity (Wildman–Crippen MR) is 74.6 cm³/mol. The molecule has 6 nitrogen and oxygen atoms in total. The van der Waals surface area contributed by atoms with E-state index in [1.54, 1.807) is 0 Å². The van der Waals surface area contributed by atoms with Crippen LogP contribution in [-0.2, 0) is 4.79 Å². The first-order chi connectivity index (χ1) is 9.44. The maximum atomic E-state index is 12.4. The number of nitro benzene ring substituents is 1. The second kappa shape index (κ2) is 5.48. The molecule has 0 unspecified atom stereocenters. The number of nitro groups is 1. The molecular weight excluding hydrogens is 260 g/mol. The number of rotatable bonds is 3. The number of phenols is 1. The van der Waals surface area contributed by atoms with Gasteiger partial charge in [0.15, 0.2) is 5.69 Å². The Balaban J connectivity index is 2.25. The molecule has 1 aromatic rings. The smallest absolute Gasteiger partial charge is 0.296 e. The summed E-state index contributed by atoms with van der Waals surface area (Å²) in [5, 5.41) is 23.2. The molecule has 2 N–H and O–H groups in total. The van der Waals surface area contributed by atoms with Gasteiger partial charge >= 0.3 is 0 Å². The van der Waals surface area contributed by atoms with Crippen LogP contribution in [0.5, 0.6) is 5.75 Å². The maximum Gasteiger partial charge on any atom is 0.296 e. The third-order valence-corrected chi connectivity index (χ3v) is 3.96. The quantitative estimate of drug-likeness (QED) is 0.504. The summed E-state index contributed by atoms with van der Waals surface area (Å²) in [6.45, 7) is 1.87. The van der Waals surface area contributed by atoms with Crippen molar-refractivity contribution in [2.24, 2.45) is 5.41 Å². The highest BCUT2D eigenvalue weighted by atomic mass is 16.6. The molecular formula is C14H18N2O4. The average Bonchev–Trinajstić information content (AvgIpc) is 2.41. The summed E-state index contributed by atoms with van der Waals surface area (Å²) in [6, 6.07) is 3.97. The van der Waals surface area contributed by atoms with Crippen LogP contribution in [0.1, 0.15) is 39.0 Å². The summed E-state index contributed by atoms with van der Waals surface area (Å²) < 4.78 is 0. The average molecular weight is 278 g/mol. The molecule has 1 fully saturated rings. The summed E-state index contributed by atoms with van der Waals surface area (Å²) in [5.74, 6) is -0.547.